The summed E-state index contributed by atoms with van der Waals surface area (Å²) in [6.45, 7) is 5.80. The van der Waals surface area contributed by atoms with Gasteiger partial charge in [-0.1, -0.05) is 32.5 Å². The van der Waals surface area contributed by atoms with Crippen molar-refractivity contribution in [3.05, 3.63) is 40.0 Å². The third kappa shape index (κ3) is 4.44. The van der Waals surface area contributed by atoms with Crippen molar-refractivity contribution in [2.24, 2.45) is 0 Å². The lowest BCUT2D eigenvalue weighted by atomic mass is 9.96. The molecule has 0 unspecified atom stereocenters. The highest BCUT2D eigenvalue weighted by Gasteiger charge is 2.23. The number of carbonyl (C=O) groups is 1. The Morgan fingerprint density at radius 2 is 2.12 bits per heavy atom. The van der Waals surface area contributed by atoms with Crippen LogP contribution in [0.2, 0.25) is 0 Å². The second kappa shape index (κ2) is 7.05. The van der Waals surface area contributed by atoms with Crippen molar-refractivity contribution in [2.75, 3.05) is 16.9 Å². The molecule has 0 spiro atoms. The summed E-state index contributed by atoms with van der Waals surface area (Å²) in [4.78, 5) is 21.8. The van der Waals surface area contributed by atoms with Crippen molar-refractivity contribution in [3.8, 4) is 0 Å². The van der Waals surface area contributed by atoms with Gasteiger partial charge in [0.05, 0.1) is 10.7 Å². The Hall–Kier alpha value is -2.69. The summed E-state index contributed by atoms with van der Waals surface area (Å²) in [7, 11) is 0. The van der Waals surface area contributed by atoms with E-state index in [-0.39, 0.29) is 16.9 Å². The molecule has 0 radical (unpaired) electrons. The zero-order valence-electron chi connectivity index (χ0n) is 13.8. The van der Waals surface area contributed by atoms with Crippen LogP contribution >= 0.6 is 11.8 Å². The van der Waals surface area contributed by atoms with Gasteiger partial charge in [-0.2, -0.15) is 4.39 Å². The summed E-state index contributed by atoms with van der Waals surface area (Å²) in [6, 6.07) is 3.13. The maximum Gasteiger partial charge on any atom is 0.306 e. The van der Waals surface area contributed by atoms with E-state index in [1.54, 1.807) is 0 Å². The van der Waals surface area contributed by atoms with Crippen LogP contribution in [0, 0.1) is 15.9 Å². The van der Waals surface area contributed by atoms with Gasteiger partial charge in [0.15, 0.2) is 5.82 Å². The minimum absolute atomic E-state index is 0.0371. The monoisotopic (exact) mass is 368 g/mol. The molecule has 3 N–H and O–H groups in total. The van der Waals surface area contributed by atoms with Crippen molar-refractivity contribution < 1.29 is 14.1 Å². The smallest absolute Gasteiger partial charge is 0.306 e. The molecule has 1 aromatic carbocycles. The predicted molar refractivity (Wildman–Crippen MR) is 91.3 cm³/mol. The lowest BCUT2D eigenvalue weighted by Crippen LogP contribution is -2.24. The van der Waals surface area contributed by atoms with Crippen molar-refractivity contribution in [2.45, 2.75) is 31.3 Å². The van der Waals surface area contributed by atoms with E-state index in [0.29, 0.717) is 11.0 Å². The Balaban J connectivity index is 2.01. The molecule has 1 amide bonds. The summed E-state index contributed by atoms with van der Waals surface area (Å²) >= 11 is 1.07. The molecule has 134 valence electrons. The quantitative estimate of drug-likeness (QED) is 0.358. The first-order chi connectivity index (χ1) is 11.6. The summed E-state index contributed by atoms with van der Waals surface area (Å²) in [6.07, 6.45) is 0. The number of nitrogen functional groups attached to an aromatic ring is 1. The number of halogens is 1. The van der Waals surface area contributed by atoms with Gasteiger partial charge < -0.3 is 11.2 Å². The molecule has 1 aromatic heterocycles. The van der Waals surface area contributed by atoms with E-state index in [1.165, 1.54) is 10.7 Å². The van der Waals surface area contributed by atoms with E-state index >= 15 is 0 Å². The largest absolute Gasteiger partial charge is 0.336 e. The number of carbonyl (C=O) groups excluding carboxylic acids is 1. The van der Waals surface area contributed by atoms with Crippen LogP contribution in [0.3, 0.4) is 0 Å². The third-order valence-electron chi connectivity index (χ3n) is 3.09. The van der Waals surface area contributed by atoms with Gasteiger partial charge in [-0.05, 0) is 12.1 Å². The number of aromatic nitrogens is 3. The van der Waals surface area contributed by atoms with Gasteiger partial charge in [-0.15, -0.1) is 10.2 Å². The van der Waals surface area contributed by atoms with E-state index in [2.05, 4.69) is 15.5 Å². The van der Waals surface area contributed by atoms with Crippen LogP contribution in [0.1, 0.15) is 26.6 Å². The molecule has 0 atom stereocenters. The second-order valence-corrected chi connectivity index (χ2v) is 7.13. The first kappa shape index (κ1) is 18.6. The summed E-state index contributed by atoms with van der Waals surface area (Å²) in [5, 5.41) is 21.5. The van der Waals surface area contributed by atoms with Crippen LogP contribution in [0.25, 0.3) is 0 Å². The SMILES string of the molecule is CC(C)(C)c1nnc(SCC(=O)Nc2ccc(F)c([N+](=O)[O-])c2)n1N. The highest BCUT2D eigenvalue weighted by Crippen LogP contribution is 2.24. The Kier molecular flexibility index (Phi) is 5.26. The van der Waals surface area contributed by atoms with E-state index in [9.17, 15) is 19.3 Å². The van der Waals surface area contributed by atoms with Crippen molar-refractivity contribution in [1.29, 1.82) is 0 Å². The summed E-state index contributed by atoms with van der Waals surface area (Å²) in [5.41, 5.74) is -0.874. The minimum Gasteiger partial charge on any atom is -0.336 e. The molecule has 11 heteroatoms. The second-order valence-electron chi connectivity index (χ2n) is 6.19. The summed E-state index contributed by atoms with van der Waals surface area (Å²) < 4.78 is 14.6. The number of nitrogens with zero attached hydrogens (tertiary/aromatic N) is 4. The number of nitro benzene ring substituents is 1. The molecule has 9 nitrogen and oxygen atoms in total. The minimum atomic E-state index is -0.969. The molecule has 0 aliphatic rings. The number of hydrogen-bond acceptors (Lipinski definition) is 7. The zero-order valence-corrected chi connectivity index (χ0v) is 14.6. The zero-order chi connectivity index (χ0) is 18.8. The van der Waals surface area contributed by atoms with Crippen LogP contribution < -0.4 is 11.2 Å². The third-order valence-corrected chi connectivity index (χ3v) is 4.04. The molecular weight excluding hydrogens is 351 g/mol. The lowest BCUT2D eigenvalue weighted by Gasteiger charge is -2.16. The van der Waals surface area contributed by atoms with Gasteiger partial charge in [0.2, 0.25) is 16.9 Å². The average Bonchev–Trinajstić information content (AvgIpc) is 2.88. The number of thioether (sulfide) groups is 1. The number of nitrogens with one attached hydrogen (secondary N) is 1. The molecule has 0 bridgehead atoms. The first-order valence-electron chi connectivity index (χ1n) is 7.17. The number of nitrogens with two attached hydrogens (primary N) is 1. The summed E-state index contributed by atoms with van der Waals surface area (Å²) in [5.74, 6) is 5.05. The topological polar surface area (TPSA) is 129 Å². The van der Waals surface area contributed by atoms with E-state index in [0.717, 1.165) is 23.9 Å². The Labute approximate surface area is 146 Å². The van der Waals surface area contributed by atoms with Crippen LogP contribution in [-0.2, 0) is 10.2 Å². The molecular formula is C14H17FN6O3S. The van der Waals surface area contributed by atoms with Crippen molar-refractivity contribution in [1.82, 2.24) is 14.9 Å². The van der Waals surface area contributed by atoms with Gasteiger partial charge >= 0.3 is 5.69 Å². The molecule has 0 saturated carbocycles. The number of amides is 1. The van der Waals surface area contributed by atoms with E-state index < -0.39 is 22.3 Å². The average molecular weight is 368 g/mol. The fourth-order valence-electron chi connectivity index (χ4n) is 1.94. The van der Waals surface area contributed by atoms with Crippen LogP contribution in [0.15, 0.2) is 23.4 Å². The lowest BCUT2D eigenvalue weighted by molar-refractivity contribution is -0.387. The maximum absolute atomic E-state index is 13.3. The molecule has 1 heterocycles. The number of rotatable bonds is 5. The molecule has 25 heavy (non-hydrogen) atoms. The molecule has 0 aliphatic carbocycles. The number of anilines is 1. The van der Waals surface area contributed by atoms with Gasteiger partial charge in [0, 0.05) is 17.2 Å². The number of nitro groups is 1. The first-order valence-corrected chi connectivity index (χ1v) is 8.15. The molecule has 0 saturated heterocycles. The molecule has 2 rings (SSSR count). The standard InChI is InChI=1S/C14H17FN6O3S/c1-14(2,3)12-18-19-13(20(12)16)25-7-11(22)17-8-4-5-9(15)10(6-8)21(23)24/h4-6H,7,16H2,1-3H3,(H,17,22). The Morgan fingerprint density at radius 3 is 2.68 bits per heavy atom. The predicted octanol–water partition coefficient (Wildman–Crippen LogP) is 2.07. The van der Waals surface area contributed by atoms with Gasteiger partial charge in [-0.3, -0.25) is 14.9 Å². The molecule has 2 aromatic rings. The van der Waals surface area contributed by atoms with Crippen LogP contribution in [0.5, 0.6) is 0 Å². The highest BCUT2D eigenvalue weighted by atomic mass is 32.2. The van der Waals surface area contributed by atoms with Gasteiger partial charge in [0.25, 0.3) is 0 Å². The van der Waals surface area contributed by atoms with Crippen molar-refractivity contribution >= 4 is 29.0 Å². The highest BCUT2D eigenvalue weighted by molar-refractivity contribution is 7.99. The van der Waals surface area contributed by atoms with Crippen LogP contribution in [0.4, 0.5) is 15.8 Å². The Morgan fingerprint density at radius 1 is 1.44 bits per heavy atom. The Bertz CT molecular complexity index is 817. The fraction of sp³-hybridized carbons (Fsp3) is 0.357. The van der Waals surface area contributed by atoms with Crippen molar-refractivity contribution in [3.63, 3.8) is 0 Å². The number of benzene rings is 1. The van der Waals surface area contributed by atoms with E-state index in [1.807, 2.05) is 20.8 Å². The van der Waals surface area contributed by atoms with Gasteiger partial charge in [-0.25, -0.2) is 4.68 Å². The fourth-order valence-corrected chi connectivity index (χ4v) is 2.60. The molecule has 0 fully saturated rings. The number of hydrogen-bond donors (Lipinski definition) is 2. The van der Waals surface area contributed by atoms with E-state index in [4.69, 9.17) is 5.84 Å². The normalized spacial score (nSPS) is 11.4. The van der Waals surface area contributed by atoms with Crippen LogP contribution in [-0.4, -0.2) is 31.5 Å². The van der Waals surface area contributed by atoms with Gasteiger partial charge in [0.1, 0.15) is 0 Å². The maximum atomic E-state index is 13.3. The molecule has 0 aliphatic heterocycles.